The highest BCUT2D eigenvalue weighted by molar-refractivity contribution is 5.59. The molecule has 14 heavy (non-hydrogen) atoms. The molecule has 0 aliphatic rings. The van der Waals surface area contributed by atoms with Gasteiger partial charge in [-0.25, -0.2) is 4.98 Å². The Morgan fingerprint density at radius 3 is 2.57 bits per heavy atom. The number of aliphatic hydroxyl groups excluding tert-OH is 1. The van der Waals surface area contributed by atoms with E-state index in [0.717, 1.165) is 17.0 Å². The van der Waals surface area contributed by atoms with Gasteiger partial charge >= 0.3 is 0 Å². The molecule has 1 N–H and O–H groups in total. The van der Waals surface area contributed by atoms with Gasteiger partial charge in [0.1, 0.15) is 6.61 Å². The highest BCUT2D eigenvalue weighted by Gasteiger charge is 2.09. The maximum atomic E-state index is 8.87. The predicted molar refractivity (Wildman–Crippen MR) is 52.6 cm³/mol. The van der Waals surface area contributed by atoms with Gasteiger partial charge in [0.25, 0.3) is 0 Å². The molecule has 0 amide bonds. The van der Waals surface area contributed by atoms with Gasteiger partial charge in [-0.3, -0.25) is 0 Å². The van der Waals surface area contributed by atoms with E-state index in [1.54, 1.807) is 0 Å². The average molecular weight is 189 g/mol. The van der Waals surface area contributed by atoms with Crippen molar-refractivity contribution in [2.45, 2.75) is 13.5 Å². The van der Waals surface area contributed by atoms with Gasteiger partial charge in [0.05, 0.1) is 5.69 Å². The standard InChI is InChI=1S/C11H11NO2/c1-8-11(14-10(7-13)12-8)9-5-3-2-4-6-9/h2-6,13H,7H2,1H3. The average Bonchev–Trinajstić information content (AvgIpc) is 2.61. The molecule has 0 saturated heterocycles. The maximum Gasteiger partial charge on any atom is 0.220 e. The second-order valence-corrected chi connectivity index (χ2v) is 3.05. The monoisotopic (exact) mass is 189 g/mol. The summed E-state index contributed by atoms with van der Waals surface area (Å²) in [5.74, 6) is 1.09. The van der Waals surface area contributed by atoms with Crippen molar-refractivity contribution in [1.29, 1.82) is 0 Å². The smallest absolute Gasteiger partial charge is 0.220 e. The molecule has 72 valence electrons. The number of hydrogen-bond acceptors (Lipinski definition) is 3. The fraction of sp³-hybridized carbons (Fsp3) is 0.182. The van der Waals surface area contributed by atoms with Gasteiger partial charge in [-0.05, 0) is 6.92 Å². The fourth-order valence-corrected chi connectivity index (χ4v) is 1.38. The van der Waals surface area contributed by atoms with Crippen LogP contribution in [0.5, 0.6) is 0 Å². The quantitative estimate of drug-likeness (QED) is 0.787. The summed E-state index contributed by atoms with van der Waals surface area (Å²) in [5.41, 5.74) is 1.79. The van der Waals surface area contributed by atoms with Gasteiger partial charge in [0.2, 0.25) is 5.89 Å². The third-order valence-electron chi connectivity index (χ3n) is 2.01. The molecular formula is C11H11NO2. The van der Waals surface area contributed by atoms with Crippen molar-refractivity contribution in [2.24, 2.45) is 0 Å². The molecule has 1 aromatic heterocycles. The molecule has 0 aliphatic carbocycles. The molecule has 1 heterocycles. The zero-order valence-corrected chi connectivity index (χ0v) is 7.90. The van der Waals surface area contributed by atoms with Crippen molar-refractivity contribution in [1.82, 2.24) is 4.98 Å². The Morgan fingerprint density at radius 2 is 2.00 bits per heavy atom. The van der Waals surface area contributed by atoms with Crippen molar-refractivity contribution in [3.05, 3.63) is 41.9 Å². The van der Waals surface area contributed by atoms with Crippen LogP contribution in [0, 0.1) is 6.92 Å². The molecule has 0 atom stereocenters. The largest absolute Gasteiger partial charge is 0.438 e. The number of hydrogen-bond donors (Lipinski definition) is 1. The summed E-state index contributed by atoms with van der Waals surface area (Å²) in [6.45, 7) is 1.71. The first kappa shape index (κ1) is 8.97. The van der Waals surface area contributed by atoms with Crippen LogP contribution in [0.4, 0.5) is 0 Å². The van der Waals surface area contributed by atoms with Crippen LogP contribution in [0.3, 0.4) is 0 Å². The first-order valence-corrected chi connectivity index (χ1v) is 4.44. The first-order chi connectivity index (χ1) is 6.81. The molecule has 0 unspecified atom stereocenters. The minimum atomic E-state index is -0.159. The molecule has 2 rings (SSSR count). The van der Waals surface area contributed by atoms with Crippen LogP contribution in [0.25, 0.3) is 11.3 Å². The third kappa shape index (κ3) is 1.54. The lowest BCUT2D eigenvalue weighted by Crippen LogP contribution is -1.80. The number of rotatable bonds is 2. The van der Waals surface area contributed by atoms with Gasteiger partial charge in [-0.15, -0.1) is 0 Å². The Balaban J connectivity index is 2.46. The zero-order valence-electron chi connectivity index (χ0n) is 7.90. The second kappa shape index (κ2) is 3.64. The van der Waals surface area contributed by atoms with Gasteiger partial charge in [-0.1, -0.05) is 30.3 Å². The van der Waals surface area contributed by atoms with E-state index < -0.39 is 0 Å². The highest BCUT2D eigenvalue weighted by Crippen LogP contribution is 2.23. The van der Waals surface area contributed by atoms with E-state index in [4.69, 9.17) is 9.52 Å². The molecule has 1 aromatic carbocycles. The highest BCUT2D eigenvalue weighted by atomic mass is 16.4. The zero-order chi connectivity index (χ0) is 9.97. The van der Waals surface area contributed by atoms with E-state index in [1.165, 1.54) is 0 Å². The van der Waals surface area contributed by atoms with Crippen molar-refractivity contribution in [3.8, 4) is 11.3 Å². The molecular weight excluding hydrogens is 178 g/mol. The lowest BCUT2D eigenvalue weighted by atomic mass is 10.1. The number of aryl methyl sites for hydroxylation is 1. The van der Waals surface area contributed by atoms with Gasteiger partial charge in [0.15, 0.2) is 5.76 Å². The fourth-order valence-electron chi connectivity index (χ4n) is 1.38. The third-order valence-corrected chi connectivity index (χ3v) is 2.01. The Bertz CT molecular complexity index is 420. The Morgan fingerprint density at radius 1 is 1.29 bits per heavy atom. The normalized spacial score (nSPS) is 10.4. The van der Waals surface area contributed by atoms with Gasteiger partial charge in [-0.2, -0.15) is 0 Å². The number of aliphatic hydroxyl groups is 1. The summed E-state index contributed by atoms with van der Waals surface area (Å²) in [6, 6.07) is 9.73. The van der Waals surface area contributed by atoms with Crippen LogP contribution in [0.1, 0.15) is 11.6 Å². The van der Waals surface area contributed by atoms with Crippen LogP contribution in [0.2, 0.25) is 0 Å². The van der Waals surface area contributed by atoms with Gasteiger partial charge < -0.3 is 9.52 Å². The van der Waals surface area contributed by atoms with E-state index in [9.17, 15) is 0 Å². The number of aromatic nitrogens is 1. The Kier molecular flexibility index (Phi) is 2.33. The topological polar surface area (TPSA) is 46.3 Å². The molecule has 2 aromatic rings. The molecule has 0 saturated carbocycles. The minimum Gasteiger partial charge on any atom is -0.438 e. The van der Waals surface area contributed by atoms with E-state index in [0.29, 0.717) is 5.89 Å². The maximum absolute atomic E-state index is 8.87. The summed E-state index contributed by atoms with van der Waals surface area (Å²) in [6.07, 6.45) is 0. The molecule has 0 spiro atoms. The minimum absolute atomic E-state index is 0.159. The van der Waals surface area contributed by atoms with Crippen LogP contribution >= 0.6 is 0 Å². The molecule has 0 radical (unpaired) electrons. The van der Waals surface area contributed by atoms with E-state index in [1.807, 2.05) is 37.3 Å². The summed E-state index contributed by atoms with van der Waals surface area (Å²) >= 11 is 0. The van der Waals surface area contributed by atoms with Crippen LogP contribution < -0.4 is 0 Å². The van der Waals surface area contributed by atoms with E-state index in [2.05, 4.69) is 4.98 Å². The molecule has 0 fully saturated rings. The van der Waals surface area contributed by atoms with E-state index in [-0.39, 0.29) is 6.61 Å². The van der Waals surface area contributed by atoms with Crippen molar-refractivity contribution in [2.75, 3.05) is 0 Å². The molecule has 0 bridgehead atoms. The van der Waals surface area contributed by atoms with Crippen molar-refractivity contribution >= 4 is 0 Å². The second-order valence-electron chi connectivity index (χ2n) is 3.05. The predicted octanol–water partition coefficient (Wildman–Crippen LogP) is 2.14. The summed E-state index contributed by atoms with van der Waals surface area (Å²) in [7, 11) is 0. The lowest BCUT2D eigenvalue weighted by molar-refractivity contribution is 0.241. The van der Waals surface area contributed by atoms with Crippen LogP contribution in [0.15, 0.2) is 34.7 Å². The van der Waals surface area contributed by atoms with Crippen molar-refractivity contribution in [3.63, 3.8) is 0 Å². The first-order valence-electron chi connectivity index (χ1n) is 4.44. The van der Waals surface area contributed by atoms with Crippen LogP contribution in [-0.2, 0) is 6.61 Å². The molecule has 3 heteroatoms. The number of nitrogens with zero attached hydrogens (tertiary/aromatic N) is 1. The van der Waals surface area contributed by atoms with E-state index >= 15 is 0 Å². The molecule has 3 nitrogen and oxygen atoms in total. The summed E-state index contributed by atoms with van der Waals surface area (Å²) < 4.78 is 5.39. The number of oxazole rings is 1. The number of benzene rings is 1. The Labute approximate surface area is 82.0 Å². The lowest BCUT2D eigenvalue weighted by Gasteiger charge is -1.95. The van der Waals surface area contributed by atoms with Gasteiger partial charge in [0, 0.05) is 5.56 Å². The summed E-state index contributed by atoms with van der Waals surface area (Å²) in [5, 5.41) is 8.87. The summed E-state index contributed by atoms with van der Waals surface area (Å²) in [4.78, 5) is 4.09. The molecule has 0 aliphatic heterocycles. The van der Waals surface area contributed by atoms with Crippen LogP contribution in [-0.4, -0.2) is 10.1 Å². The SMILES string of the molecule is Cc1nc(CO)oc1-c1ccccc1. The van der Waals surface area contributed by atoms with Crippen molar-refractivity contribution < 1.29 is 9.52 Å². The Hall–Kier alpha value is -1.61.